The summed E-state index contributed by atoms with van der Waals surface area (Å²) in [6.45, 7) is 2.93. The Morgan fingerprint density at radius 2 is 1.75 bits per heavy atom. The molecule has 0 aliphatic heterocycles. The number of nitrogens with zero attached hydrogens (tertiary/aromatic N) is 1. The van der Waals surface area contributed by atoms with Crippen LogP contribution in [0.3, 0.4) is 0 Å². The molecule has 0 atom stereocenters. The number of para-hydroxylation sites is 1. The molecular weight excluding hydrogens is 396 g/mol. The zero-order valence-corrected chi connectivity index (χ0v) is 17.0. The molecule has 1 heterocycles. The first-order valence-electron chi connectivity index (χ1n) is 8.82. The average molecular weight is 415 g/mol. The Hall–Kier alpha value is -2.70. The van der Waals surface area contributed by atoms with Gasteiger partial charge in [0.05, 0.1) is 17.0 Å². The number of methoxy groups -OCH3 is 1. The molecule has 5 nitrogen and oxygen atoms in total. The molecule has 0 saturated heterocycles. The molecular formula is C21H19ClN2O3S. The van der Waals surface area contributed by atoms with Gasteiger partial charge in [0, 0.05) is 34.0 Å². The molecule has 3 aromatic carbocycles. The molecule has 0 amide bonds. The number of aryl methyl sites for hydroxylation is 1. The van der Waals surface area contributed by atoms with Crippen LogP contribution in [0.5, 0.6) is 5.75 Å². The molecule has 0 bridgehead atoms. The van der Waals surface area contributed by atoms with Crippen LogP contribution in [0, 0.1) is 0 Å². The Bertz CT molecular complexity index is 1300. The molecule has 0 spiro atoms. The van der Waals surface area contributed by atoms with Gasteiger partial charge >= 0.3 is 0 Å². The summed E-state index contributed by atoms with van der Waals surface area (Å²) in [5.41, 5.74) is 2.69. The highest BCUT2D eigenvalue weighted by molar-refractivity contribution is 7.92. The molecule has 0 aliphatic rings. The summed E-state index contributed by atoms with van der Waals surface area (Å²) in [5.74, 6) is 0.425. The van der Waals surface area contributed by atoms with Crippen molar-refractivity contribution in [2.45, 2.75) is 18.4 Å². The summed E-state index contributed by atoms with van der Waals surface area (Å²) >= 11 is 6.08. The lowest BCUT2D eigenvalue weighted by Crippen LogP contribution is -2.13. The van der Waals surface area contributed by atoms with Crippen molar-refractivity contribution < 1.29 is 13.2 Å². The van der Waals surface area contributed by atoms with Gasteiger partial charge in [-0.1, -0.05) is 29.8 Å². The number of nitrogens with one attached hydrogen (secondary N) is 1. The van der Waals surface area contributed by atoms with Gasteiger partial charge in [0.15, 0.2) is 0 Å². The summed E-state index contributed by atoms with van der Waals surface area (Å²) in [6, 6.07) is 18.1. The fourth-order valence-electron chi connectivity index (χ4n) is 3.49. The second-order valence-corrected chi connectivity index (χ2v) is 8.48. The molecule has 0 fully saturated rings. The molecule has 144 valence electrons. The maximum Gasteiger partial charge on any atom is 0.261 e. The number of hydrogen-bond donors (Lipinski definition) is 1. The smallest absolute Gasteiger partial charge is 0.261 e. The Labute approximate surface area is 168 Å². The van der Waals surface area contributed by atoms with Crippen LogP contribution in [0.4, 0.5) is 5.69 Å². The maximum atomic E-state index is 12.8. The van der Waals surface area contributed by atoms with Crippen LogP contribution in [-0.2, 0) is 16.6 Å². The van der Waals surface area contributed by atoms with Crippen molar-refractivity contribution in [2.75, 3.05) is 11.8 Å². The van der Waals surface area contributed by atoms with E-state index in [0.29, 0.717) is 11.4 Å². The largest absolute Gasteiger partial charge is 0.495 e. The van der Waals surface area contributed by atoms with Crippen LogP contribution in [0.1, 0.15) is 6.92 Å². The number of ether oxygens (including phenoxy) is 1. The van der Waals surface area contributed by atoms with Gasteiger partial charge in [-0.15, -0.1) is 0 Å². The lowest BCUT2D eigenvalue weighted by atomic mass is 10.1. The summed E-state index contributed by atoms with van der Waals surface area (Å²) in [4.78, 5) is 0.0781. The lowest BCUT2D eigenvalue weighted by molar-refractivity contribution is 0.414. The van der Waals surface area contributed by atoms with Crippen LogP contribution in [0.2, 0.25) is 5.02 Å². The first-order chi connectivity index (χ1) is 13.4. The zero-order chi connectivity index (χ0) is 19.9. The number of rotatable bonds is 5. The first-order valence-corrected chi connectivity index (χ1v) is 10.7. The van der Waals surface area contributed by atoms with E-state index in [2.05, 4.69) is 22.3 Å². The Balaban J connectivity index is 1.77. The summed E-state index contributed by atoms with van der Waals surface area (Å²) in [5, 5.41) is 2.34. The van der Waals surface area contributed by atoms with Crippen LogP contribution in [-0.4, -0.2) is 20.1 Å². The van der Waals surface area contributed by atoms with Gasteiger partial charge in [-0.3, -0.25) is 4.72 Å². The normalized spacial score (nSPS) is 11.8. The van der Waals surface area contributed by atoms with Crippen molar-refractivity contribution in [1.29, 1.82) is 0 Å². The van der Waals surface area contributed by atoms with E-state index < -0.39 is 10.0 Å². The Kier molecular flexibility index (Phi) is 4.69. The number of anilines is 1. The molecule has 4 aromatic rings. The average Bonchev–Trinajstić information content (AvgIpc) is 3.00. The Morgan fingerprint density at radius 3 is 2.46 bits per heavy atom. The van der Waals surface area contributed by atoms with Gasteiger partial charge in [-0.05, 0) is 49.4 Å². The quantitative estimate of drug-likeness (QED) is 0.483. The number of hydrogen-bond acceptors (Lipinski definition) is 3. The molecule has 1 aromatic heterocycles. The van der Waals surface area contributed by atoms with Crippen molar-refractivity contribution in [3.8, 4) is 5.75 Å². The van der Waals surface area contributed by atoms with E-state index in [0.717, 1.165) is 28.4 Å². The van der Waals surface area contributed by atoms with Gasteiger partial charge in [-0.2, -0.15) is 0 Å². The van der Waals surface area contributed by atoms with Crippen molar-refractivity contribution >= 4 is 49.1 Å². The van der Waals surface area contributed by atoms with Crippen LogP contribution in [0.25, 0.3) is 21.8 Å². The predicted octanol–water partition coefficient (Wildman–Crippen LogP) is 5.28. The van der Waals surface area contributed by atoms with E-state index >= 15 is 0 Å². The van der Waals surface area contributed by atoms with E-state index in [1.54, 1.807) is 6.07 Å². The summed E-state index contributed by atoms with van der Waals surface area (Å²) in [7, 11) is -2.30. The first kappa shape index (κ1) is 18.7. The minimum atomic E-state index is -3.78. The highest BCUT2D eigenvalue weighted by Crippen LogP contribution is 2.32. The van der Waals surface area contributed by atoms with Crippen LogP contribution >= 0.6 is 11.6 Å². The predicted molar refractivity (Wildman–Crippen MR) is 114 cm³/mol. The molecule has 0 radical (unpaired) electrons. The van der Waals surface area contributed by atoms with Crippen molar-refractivity contribution in [3.63, 3.8) is 0 Å². The topological polar surface area (TPSA) is 60.3 Å². The minimum absolute atomic E-state index is 0.0781. The molecule has 0 aliphatic carbocycles. The van der Waals surface area contributed by atoms with E-state index in [9.17, 15) is 8.42 Å². The van der Waals surface area contributed by atoms with E-state index in [1.807, 2.05) is 30.3 Å². The van der Waals surface area contributed by atoms with Crippen LogP contribution in [0.15, 0.2) is 65.6 Å². The number of fused-ring (bicyclic) bond motifs is 3. The van der Waals surface area contributed by atoms with Gasteiger partial charge in [0.25, 0.3) is 10.0 Å². The SMILES string of the molecule is CCn1c2ccccc2c2cc(NS(=O)(=O)c3ccc(OC)c(Cl)c3)ccc21. The molecule has 7 heteroatoms. The Morgan fingerprint density at radius 1 is 1.00 bits per heavy atom. The van der Waals surface area contributed by atoms with Gasteiger partial charge < -0.3 is 9.30 Å². The van der Waals surface area contributed by atoms with Crippen molar-refractivity contribution in [2.24, 2.45) is 0 Å². The lowest BCUT2D eigenvalue weighted by Gasteiger charge is -2.10. The highest BCUT2D eigenvalue weighted by Gasteiger charge is 2.17. The fourth-order valence-corrected chi connectivity index (χ4v) is 4.88. The third kappa shape index (κ3) is 3.08. The number of sulfonamides is 1. The van der Waals surface area contributed by atoms with Crippen molar-refractivity contribution in [1.82, 2.24) is 4.57 Å². The highest BCUT2D eigenvalue weighted by atomic mass is 35.5. The van der Waals surface area contributed by atoms with Gasteiger partial charge in [0.1, 0.15) is 5.75 Å². The zero-order valence-electron chi connectivity index (χ0n) is 15.4. The standard InChI is InChI=1S/C21H19ClN2O3S/c1-3-24-19-7-5-4-6-16(19)17-12-14(8-10-20(17)24)23-28(25,26)15-9-11-21(27-2)18(22)13-15/h4-13,23H,3H2,1-2H3. The molecule has 0 saturated carbocycles. The minimum Gasteiger partial charge on any atom is -0.495 e. The molecule has 1 N–H and O–H groups in total. The van der Waals surface area contributed by atoms with Crippen LogP contribution < -0.4 is 9.46 Å². The number of benzene rings is 3. The monoisotopic (exact) mass is 414 g/mol. The van der Waals surface area contributed by atoms with E-state index in [4.69, 9.17) is 16.3 Å². The molecule has 4 rings (SSSR count). The fraction of sp³-hybridized carbons (Fsp3) is 0.143. The third-order valence-electron chi connectivity index (χ3n) is 4.77. The molecule has 28 heavy (non-hydrogen) atoms. The second-order valence-electron chi connectivity index (χ2n) is 6.40. The number of halogens is 1. The summed E-state index contributed by atoms with van der Waals surface area (Å²) < 4.78 is 35.5. The second kappa shape index (κ2) is 7.04. The van der Waals surface area contributed by atoms with E-state index in [-0.39, 0.29) is 9.92 Å². The third-order valence-corrected chi connectivity index (χ3v) is 6.45. The van der Waals surface area contributed by atoms with Gasteiger partial charge in [-0.25, -0.2) is 8.42 Å². The van der Waals surface area contributed by atoms with E-state index in [1.165, 1.54) is 25.3 Å². The summed E-state index contributed by atoms with van der Waals surface area (Å²) in [6.07, 6.45) is 0. The van der Waals surface area contributed by atoms with Gasteiger partial charge in [0.2, 0.25) is 0 Å². The number of aromatic nitrogens is 1. The maximum absolute atomic E-state index is 12.8. The molecule has 0 unspecified atom stereocenters. The van der Waals surface area contributed by atoms with Crippen molar-refractivity contribution in [3.05, 3.63) is 65.7 Å².